The summed E-state index contributed by atoms with van der Waals surface area (Å²) in [5.41, 5.74) is -1.23. The van der Waals surface area contributed by atoms with Gasteiger partial charge in [-0.1, -0.05) is 13.0 Å². The number of hydrogen-bond acceptors (Lipinski definition) is 1. The highest BCUT2D eigenvalue weighted by Gasteiger charge is 2.31. The Morgan fingerprint density at radius 3 is 2.39 bits per heavy atom. The highest BCUT2D eigenvalue weighted by Crippen LogP contribution is 2.29. The van der Waals surface area contributed by atoms with E-state index in [1.54, 1.807) is 0 Å². The first-order chi connectivity index (χ1) is 8.15. The van der Waals surface area contributed by atoms with Crippen LogP contribution in [0.2, 0.25) is 0 Å². The lowest BCUT2D eigenvalue weighted by molar-refractivity contribution is -0.137. The Balaban J connectivity index is 2.94. The van der Waals surface area contributed by atoms with E-state index in [0.717, 1.165) is 12.1 Å². The summed E-state index contributed by atoms with van der Waals surface area (Å²) < 4.78 is 37.5. The van der Waals surface area contributed by atoms with Crippen LogP contribution >= 0.6 is 0 Å². The summed E-state index contributed by atoms with van der Waals surface area (Å²) in [6.07, 6.45) is -3.74. The number of carbonyl (C=O) groups excluding carboxylic acids is 1. The third-order valence-corrected chi connectivity index (χ3v) is 2.79. The van der Waals surface area contributed by atoms with Crippen molar-refractivity contribution in [2.45, 2.75) is 38.9 Å². The molecule has 0 spiro atoms. The predicted molar refractivity (Wildman–Crippen MR) is 63.3 cm³/mol. The van der Waals surface area contributed by atoms with Gasteiger partial charge in [0.05, 0.1) is 5.56 Å². The summed E-state index contributed by atoms with van der Waals surface area (Å²) in [4.78, 5) is 11.8. The SMILES string of the molecule is CCC(C)(C)NC(=O)c1cccc(C(F)(F)F)c1. The van der Waals surface area contributed by atoms with Gasteiger partial charge in [0, 0.05) is 11.1 Å². The van der Waals surface area contributed by atoms with Gasteiger partial charge >= 0.3 is 6.18 Å². The Morgan fingerprint density at radius 1 is 1.28 bits per heavy atom. The molecule has 1 amide bonds. The van der Waals surface area contributed by atoms with Crippen LogP contribution in [0.1, 0.15) is 43.1 Å². The van der Waals surface area contributed by atoms with E-state index in [2.05, 4.69) is 5.32 Å². The first kappa shape index (κ1) is 14.5. The second-order valence-electron chi connectivity index (χ2n) is 4.77. The minimum absolute atomic E-state index is 0.0198. The van der Waals surface area contributed by atoms with E-state index >= 15 is 0 Å². The van der Waals surface area contributed by atoms with Crippen LogP contribution in [-0.2, 0) is 6.18 Å². The van der Waals surface area contributed by atoms with Crippen LogP contribution in [-0.4, -0.2) is 11.4 Å². The van der Waals surface area contributed by atoms with Crippen molar-refractivity contribution >= 4 is 5.91 Å². The first-order valence-corrected chi connectivity index (χ1v) is 5.65. The van der Waals surface area contributed by atoms with Gasteiger partial charge in [0.25, 0.3) is 5.91 Å². The molecule has 1 aromatic rings. The van der Waals surface area contributed by atoms with E-state index in [4.69, 9.17) is 0 Å². The zero-order chi connectivity index (χ0) is 14.0. The van der Waals surface area contributed by atoms with Gasteiger partial charge in [0.15, 0.2) is 0 Å². The lowest BCUT2D eigenvalue weighted by Crippen LogP contribution is -2.42. The third kappa shape index (κ3) is 3.75. The van der Waals surface area contributed by atoms with E-state index < -0.39 is 23.2 Å². The lowest BCUT2D eigenvalue weighted by Gasteiger charge is -2.24. The van der Waals surface area contributed by atoms with E-state index in [1.165, 1.54) is 12.1 Å². The largest absolute Gasteiger partial charge is 0.416 e. The van der Waals surface area contributed by atoms with E-state index in [-0.39, 0.29) is 5.56 Å². The topological polar surface area (TPSA) is 29.1 Å². The first-order valence-electron chi connectivity index (χ1n) is 5.65. The number of carbonyl (C=O) groups is 1. The molecule has 0 aliphatic rings. The zero-order valence-corrected chi connectivity index (χ0v) is 10.6. The molecule has 100 valence electrons. The second-order valence-corrected chi connectivity index (χ2v) is 4.77. The Bertz CT molecular complexity index is 438. The van der Waals surface area contributed by atoms with E-state index in [9.17, 15) is 18.0 Å². The van der Waals surface area contributed by atoms with Crippen LogP contribution in [0, 0.1) is 0 Å². The highest BCUT2D eigenvalue weighted by molar-refractivity contribution is 5.94. The summed E-state index contributed by atoms with van der Waals surface area (Å²) >= 11 is 0. The molecule has 0 fully saturated rings. The molecule has 1 rings (SSSR count). The van der Waals surface area contributed by atoms with Crippen LogP contribution < -0.4 is 5.32 Å². The Labute approximate surface area is 104 Å². The minimum Gasteiger partial charge on any atom is -0.347 e. The average Bonchev–Trinajstić information content (AvgIpc) is 2.27. The molecule has 0 aliphatic heterocycles. The van der Waals surface area contributed by atoms with Crippen molar-refractivity contribution in [1.29, 1.82) is 0 Å². The number of rotatable bonds is 3. The van der Waals surface area contributed by atoms with Crippen LogP contribution in [0.4, 0.5) is 13.2 Å². The number of halogens is 3. The fraction of sp³-hybridized carbons (Fsp3) is 0.462. The van der Waals surface area contributed by atoms with Gasteiger partial charge in [-0.15, -0.1) is 0 Å². The van der Waals surface area contributed by atoms with Crippen molar-refractivity contribution in [2.75, 3.05) is 0 Å². The van der Waals surface area contributed by atoms with Crippen LogP contribution in [0.25, 0.3) is 0 Å². The highest BCUT2D eigenvalue weighted by atomic mass is 19.4. The number of benzene rings is 1. The fourth-order valence-electron chi connectivity index (χ4n) is 1.30. The molecule has 0 atom stereocenters. The molecule has 5 heteroatoms. The average molecular weight is 259 g/mol. The van der Waals surface area contributed by atoms with Gasteiger partial charge in [-0.25, -0.2) is 0 Å². The summed E-state index contributed by atoms with van der Waals surface area (Å²) in [5.74, 6) is -0.493. The monoisotopic (exact) mass is 259 g/mol. The standard InChI is InChI=1S/C13H16F3NO/c1-4-12(2,3)17-11(18)9-6-5-7-10(8-9)13(14,15)16/h5-8H,4H2,1-3H3,(H,17,18). The summed E-state index contributed by atoms with van der Waals surface area (Å²) in [7, 11) is 0. The summed E-state index contributed by atoms with van der Waals surface area (Å²) in [6, 6.07) is 4.41. The summed E-state index contributed by atoms with van der Waals surface area (Å²) in [5, 5.41) is 2.69. The fourth-order valence-corrected chi connectivity index (χ4v) is 1.30. The Kier molecular flexibility index (Phi) is 4.04. The van der Waals surface area contributed by atoms with Crippen LogP contribution in [0.15, 0.2) is 24.3 Å². The smallest absolute Gasteiger partial charge is 0.347 e. The maximum Gasteiger partial charge on any atom is 0.416 e. The molecule has 2 nitrogen and oxygen atoms in total. The van der Waals surface area contributed by atoms with Crippen molar-refractivity contribution < 1.29 is 18.0 Å². The molecule has 0 aliphatic carbocycles. The molecule has 0 unspecified atom stereocenters. The molecule has 0 saturated carbocycles. The number of nitrogens with one attached hydrogen (secondary N) is 1. The number of alkyl halides is 3. The van der Waals surface area contributed by atoms with Gasteiger partial charge in [-0.2, -0.15) is 13.2 Å². The minimum atomic E-state index is -4.43. The van der Waals surface area contributed by atoms with E-state index in [0.29, 0.717) is 6.42 Å². The molecular formula is C13H16F3NO. The molecule has 0 saturated heterocycles. The van der Waals surface area contributed by atoms with Crippen LogP contribution in [0.3, 0.4) is 0 Å². The van der Waals surface area contributed by atoms with Crippen molar-refractivity contribution in [3.05, 3.63) is 35.4 Å². The van der Waals surface area contributed by atoms with Gasteiger partial charge < -0.3 is 5.32 Å². The molecule has 18 heavy (non-hydrogen) atoms. The molecule has 1 N–H and O–H groups in total. The third-order valence-electron chi connectivity index (χ3n) is 2.79. The van der Waals surface area contributed by atoms with Gasteiger partial charge in [0.2, 0.25) is 0 Å². The predicted octanol–water partition coefficient (Wildman–Crippen LogP) is 3.62. The number of hydrogen-bond donors (Lipinski definition) is 1. The molecule has 0 radical (unpaired) electrons. The maximum atomic E-state index is 12.5. The normalized spacial score (nSPS) is 12.3. The van der Waals surface area contributed by atoms with Crippen molar-refractivity contribution in [1.82, 2.24) is 5.32 Å². The van der Waals surface area contributed by atoms with Crippen molar-refractivity contribution in [2.24, 2.45) is 0 Å². The van der Waals surface area contributed by atoms with Gasteiger partial charge in [-0.05, 0) is 38.5 Å². The Hall–Kier alpha value is -1.52. The molecule has 0 aromatic heterocycles. The van der Waals surface area contributed by atoms with Crippen molar-refractivity contribution in [3.63, 3.8) is 0 Å². The molecule has 0 heterocycles. The number of amides is 1. The maximum absolute atomic E-state index is 12.5. The van der Waals surface area contributed by atoms with Crippen LogP contribution in [0.5, 0.6) is 0 Å². The quantitative estimate of drug-likeness (QED) is 0.882. The van der Waals surface area contributed by atoms with Gasteiger partial charge in [0.1, 0.15) is 0 Å². The second kappa shape index (κ2) is 5.00. The van der Waals surface area contributed by atoms with E-state index in [1.807, 2.05) is 20.8 Å². The van der Waals surface area contributed by atoms with Crippen molar-refractivity contribution in [3.8, 4) is 0 Å². The Morgan fingerprint density at radius 2 is 1.89 bits per heavy atom. The molecule has 1 aromatic carbocycles. The zero-order valence-electron chi connectivity index (χ0n) is 10.6. The summed E-state index contributed by atoms with van der Waals surface area (Å²) in [6.45, 7) is 5.53. The molecular weight excluding hydrogens is 243 g/mol. The van der Waals surface area contributed by atoms with Gasteiger partial charge in [-0.3, -0.25) is 4.79 Å². The molecule has 0 bridgehead atoms. The lowest BCUT2D eigenvalue weighted by atomic mass is 10.0.